The van der Waals surface area contributed by atoms with Crippen LogP contribution in [0.15, 0.2) is 41.2 Å². The Morgan fingerprint density at radius 1 is 1.13 bits per heavy atom. The number of carbonyl (C=O) groups excluding carboxylic acids is 1. The molecular weight excluding hydrogens is 300 g/mol. The lowest BCUT2D eigenvalue weighted by atomic mass is 10.2. The van der Waals surface area contributed by atoms with E-state index < -0.39 is 11.5 Å². The Morgan fingerprint density at radius 2 is 1.96 bits per heavy atom. The summed E-state index contributed by atoms with van der Waals surface area (Å²) in [5.41, 5.74) is 0.372. The van der Waals surface area contributed by atoms with Crippen LogP contribution in [0.25, 0.3) is 11.4 Å². The number of aromatic nitrogens is 5. The van der Waals surface area contributed by atoms with E-state index >= 15 is 0 Å². The molecule has 9 heteroatoms. The number of nitrogens with one attached hydrogen (secondary N) is 3. The molecule has 0 saturated carbocycles. The second-order valence-corrected chi connectivity index (χ2v) is 4.47. The van der Waals surface area contributed by atoms with Crippen LogP contribution in [-0.4, -0.2) is 38.4 Å². The molecular formula is C14H12N6O3. The van der Waals surface area contributed by atoms with E-state index in [9.17, 15) is 9.59 Å². The maximum absolute atomic E-state index is 12.0. The van der Waals surface area contributed by atoms with Gasteiger partial charge in [0.05, 0.1) is 12.7 Å². The summed E-state index contributed by atoms with van der Waals surface area (Å²) in [6.45, 7) is 0. The number of hydrogen-bond donors (Lipinski definition) is 3. The normalized spacial score (nSPS) is 10.3. The Labute approximate surface area is 129 Å². The highest BCUT2D eigenvalue weighted by Gasteiger charge is 2.14. The number of para-hydroxylation sites is 1. The van der Waals surface area contributed by atoms with Crippen LogP contribution in [0.3, 0.4) is 0 Å². The molecule has 0 saturated heterocycles. The van der Waals surface area contributed by atoms with Crippen molar-refractivity contribution in [1.82, 2.24) is 25.4 Å². The lowest BCUT2D eigenvalue weighted by Gasteiger charge is -2.04. The van der Waals surface area contributed by atoms with Gasteiger partial charge in [-0.2, -0.15) is 10.1 Å². The van der Waals surface area contributed by atoms with Gasteiger partial charge in [-0.3, -0.25) is 20.0 Å². The molecule has 0 aliphatic rings. The fourth-order valence-corrected chi connectivity index (χ4v) is 1.91. The maximum atomic E-state index is 12.0. The molecule has 0 spiro atoms. The van der Waals surface area contributed by atoms with Crippen molar-refractivity contribution in [3.8, 4) is 17.1 Å². The number of hydrogen-bond acceptors (Lipinski definition) is 6. The molecule has 0 fully saturated rings. The van der Waals surface area contributed by atoms with Crippen LogP contribution < -0.4 is 15.6 Å². The van der Waals surface area contributed by atoms with Crippen molar-refractivity contribution in [3.05, 3.63) is 52.4 Å². The van der Waals surface area contributed by atoms with E-state index in [0.717, 1.165) is 0 Å². The number of rotatable bonds is 4. The van der Waals surface area contributed by atoms with Gasteiger partial charge < -0.3 is 4.74 Å². The number of methoxy groups -OCH3 is 1. The fraction of sp³-hybridized carbons (Fsp3) is 0.0714. The molecule has 0 bridgehead atoms. The summed E-state index contributed by atoms with van der Waals surface area (Å²) < 4.78 is 5.25. The van der Waals surface area contributed by atoms with E-state index in [4.69, 9.17) is 4.74 Å². The lowest BCUT2D eigenvalue weighted by molar-refractivity contribution is 0.102. The van der Waals surface area contributed by atoms with Crippen molar-refractivity contribution in [3.63, 3.8) is 0 Å². The monoisotopic (exact) mass is 312 g/mol. The molecule has 1 amide bonds. The zero-order valence-corrected chi connectivity index (χ0v) is 12.0. The SMILES string of the molecule is COc1ccccc1-c1nc(NC(=O)c2ccc(=O)[nH]n2)n[nH]1. The molecule has 9 nitrogen and oxygen atoms in total. The third-order valence-electron chi connectivity index (χ3n) is 2.98. The second-order valence-electron chi connectivity index (χ2n) is 4.47. The summed E-state index contributed by atoms with van der Waals surface area (Å²) in [5.74, 6) is 0.631. The average Bonchev–Trinajstić information content (AvgIpc) is 3.03. The van der Waals surface area contributed by atoms with E-state index in [2.05, 4.69) is 30.7 Å². The number of H-pyrrole nitrogens is 2. The van der Waals surface area contributed by atoms with Gasteiger partial charge in [-0.05, 0) is 18.2 Å². The van der Waals surface area contributed by atoms with Gasteiger partial charge in [0, 0.05) is 6.07 Å². The predicted octanol–water partition coefficient (Wildman–Crippen LogP) is 0.816. The van der Waals surface area contributed by atoms with E-state index in [1.54, 1.807) is 13.2 Å². The van der Waals surface area contributed by atoms with Gasteiger partial charge in [-0.25, -0.2) is 5.10 Å². The van der Waals surface area contributed by atoms with Crippen LogP contribution in [-0.2, 0) is 0 Å². The Balaban J connectivity index is 1.81. The highest BCUT2D eigenvalue weighted by atomic mass is 16.5. The molecule has 0 radical (unpaired) electrons. The summed E-state index contributed by atoms with van der Waals surface area (Å²) in [6, 6.07) is 9.79. The van der Waals surface area contributed by atoms with E-state index in [0.29, 0.717) is 17.1 Å². The van der Waals surface area contributed by atoms with Gasteiger partial charge >= 0.3 is 0 Å². The van der Waals surface area contributed by atoms with Crippen LogP contribution >= 0.6 is 0 Å². The van der Waals surface area contributed by atoms with Crippen molar-refractivity contribution in [2.45, 2.75) is 0 Å². The molecule has 0 atom stereocenters. The Morgan fingerprint density at radius 3 is 2.70 bits per heavy atom. The largest absolute Gasteiger partial charge is 0.496 e. The summed E-state index contributed by atoms with van der Waals surface area (Å²) in [5, 5.41) is 15.0. The molecule has 0 aliphatic carbocycles. The zero-order valence-electron chi connectivity index (χ0n) is 12.0. The van der Waals surface area contributed by atoms with Crippen LogP contribution in [0.1, 0.15) is 10.5 Å². The number of aromatic amines is 2. The topological polar surface area (TPSA) is 126 Å². The Bertz CT molecular complexity index is 881. The van der Waals surface area contributed by atoms with Crippen LogP contribution in [0, 0.1) is 0 Å². The minimum absolute atomic E-state index is 0.0493. The molecule has 0 aliphatic heterocycles. The molecule has 1 aromatic carbocycles. The molecule has 3 N–H and O–H groups in total. The van der Waals surface area contributed by atoms with Crippen molar-refractivity contribution >= 4 is 11.9 Å². The standard InChI is InChI=1S/C14H12N6O3/c1-23-10-5-3-2-4-8(10)12-15-14(20-19-12)16-13(22)9-6-7-11(21)18-17-9/h2-7H,1H3,(H,18,21)(H2,15,16,19,20,22). The van der Waals surface area contributed by atoms with Crippen molar-refractivity contribution < 1.29 is 9.53 Å². The van der Waals surface area contributed by atoms with Gasteiger partial charge in [0.1, 0.15) is 11.4 Å². The van der Waals surface area contributed by atoms with Crippen molar-refractivity contribution in [2.75, 3.05) is 12.4 Å². The number of benzene rings is 1. The summed E-state index contributed by atoms with van der Waals surface area (Å²) >= 11 is 0. The minimum Gasteiger partial charge on any atom is -0.496 e. The zero-order chi connectivity index (χ0) is 16.2. The molecule has 3 rings (SSSR count). The molecule has 2 heterocycles. The van der Waals surface area contributed by atoms with Crippen LogP contribution in [0.4, 0.5) is 5.95 Å². The van der Waals surface area contributed by atoms with Gasteiger partial charge in [0.15, 0.2) is 5.82 Å². The number of carbonyl (C=O) groups is 1. The summed E-state index contributed by atoms with van der Waals surface area (Å²) in [6.07, 6.45) is 0. The first-order chi connectivity index (χ1) is 11.2. The Hall–Kier alpha value is -3.49. The van der Waals surface area contributed by atoms with Crippen molar-refractivity contribution in [1.29, 1.82) is 0 Å². The van der Waals surface area contributed by atoms with E-state index in [1.807, 2.05) is 18.2 Å². The quantitative estimate of drug-likeness (QED) is 0.654. The van der Waals surface area contributed by atoms with Crippen LogP contribution in [0.5, 0.6) is 5.75 Å². The molecule has 23 heavy (non-hydrogen) atoms. The molecule has 116 valence electrons. The third-order valence-corrected chi connectivity index (χ3v) is 2.98. The molecule has 0 unspecified atom stereocenters. The smallest absolute Gasteiger partial charge is 0.278 e. The second kappa shape index (κ2) is 6.10. The number of nitrogens with zero attached hydrogens (tertiary/aromatic N) is 3. The summed E-state index contributed by atoms with van der Waals surface area (Å²) in [4.78, 5) is 27.1. The van der Waals surface area contributed by atoms with Crippen molar-refractivity contribution in [2.24, 2.45) is 0 Å². The minimum atomic E-state index is -0.535. The van der Waals surface area contributed by atoms with Gasteiger partial charge in [-0.15, -0.1) is 5.10 Å². The number of amides is 1. The molecule has 3 aromatic rings. The summed E-state index contributed by atoms with van der Waals surface area (Å²) in [7, 11) is 1.56. The highest BCUT2D eigenvalue weighted by molar-refractivity contribution is 6.01. The Kier molecular flexibility index (Phi) is 3.83. The number of anilines is 1. The van der Waals surface area contributed by atoms with Gasteiger partial charge in [0.2, 0.25) is 5.95 Å². The van der Waals surface area contributed by atoms with E-state index in [1.165, 1.54) is 12.1 Å². The first-order valence-corrected chi connectivity index (χ1v) is 6.60. The third kappa shape index (κ3) is 3.07. The first-order valence-electron chi connectivity index (χ1n) is 6.60. The lowest BCUT2D eigenvalue weighted by Crippen LogP contribution is -2.18. The average molecular weight is 312 g/mol. The highest BCUT2D eigenvalue weighted by Crippen LogP contribution is 2.26. The maximum Gasteiger partial charge on any atom is 0.278 e. The predicted molar refractivity (Wildman–Crippen MR) is 81.2 cm³/mol. The van der Waals surface area contributed by atoms with E-state index in [-0.39, 0.29) is 11.6 Å². The van der Waals surface area contributed by atoms with Gasteiger partial charge in [0.25, 0.3) is 11.5 Å². The van der Waals surface area contributed by atoms with Gasteiger partial charge in [-0.1, -0.05) is 12.1 Å². The fourth-order valence-electron chi connectivity index (χ4n) is 1.91. The number of ether oxygens (including phenoxy) is 1. The first kappa shape index (κ1) is 14.4. The van der Waals surface area contributed by atoms with Crippen LogP contribution in [0.2, 0.25) is 0 Å². The molecule has 2 aromatic heterocycles.